The molecular weight excluding hydrogens is 350 g/mol. The summed E-state index contributed by atoms with van der Waals surface area (Å²) in [6, 6.07) is 16.3. The van der Waals surface area contributed by atoms with Crippen molar-refractivity contribution in [3.63, 3.8) is 0 Å². The summed E-state index contributed by atoms with van der Waals surface area (Å²) in [4.78, 5) is 6.65. The molecule has 2 aromatic carbocycles. The fourth-order valence-electron chi connectivity index (χ4n) is 3.18. The van der Waals surface area contributed by atoms with E-state index in [2.05, 4.69) is 57.3 Å². The minimum Gasteiger partial charge on any atom is -0.338 e. The van der Waals surface area contributed by atoms with Gasteiger partial charge in [0.15, 0.2) is 0 Å². The third kappa shape index (κ3) is 3.87. The lowest BCUT2D eigenvalue weighted by Crippen LogP contribution is -2.17. The lowest BCUT2D eigenvalue weighted by molar-refractivity contribution is 0.261. The first-order valence-electron chi connectivity index (χ1n) is 9.26. The van der Waals surface area contributed by atoms with Gasteiger partial charge in [-0.1, -0.05) is 47.6 Å². The van der Waals surface area contributed by atoms with Crippen LogP contribution in [0, 0.1) is 13.8 Å². The maximum atomic E-state index is 5.43. The van der Waals surface area contributed by atoms with Crippen molar-refractivity contribution in [3.05, 3.63) is 77.3 Å². The van der Waals surface area contributed by atoms with Crippen LogP contribution in [0.3, 0.4) is 0 Å². The molecule has 0 amide bonds. The third-order valence-electron chi connectivity index (χ3n) is 4.86. The molecular formula is C22H23N5O. The number of nitrogens with zero attached hydrogens (tertiary/aromatic N) is 4. The molecule has 2 heterocycles. The molecule has 4 aromatic rings. The van der Waals surface area contributed by atoms with Crippen LogP contribution in [0.5, 0.6) is 0 Å². The topological polar surface area (TPSA) is 70.8 Å². The zero-order chi connectivity index (χ0) is 19.5. The standard InChI is InChI=1S/C22H23N5O/c1-15-9-10-18(11-16(15)2)21-19(12-23-25-21)13-27(3)14-20-24-22(26-28-20)17-7-5-4-6-8-17/h4-12H,13-14H2,1-3H3,(H,23,25). The van der Waals surface area contributed by atoms with Crippen LogP contribution in [0.15, 0.2) is 59.3 Å². The Hall–Kier alpha value is -3.25. The van der Waals surface area contributed by atoms with E-state index in [0.717, 1.165) is 28.9 Å². The summed E-state index contributed by atoms with van der Waals surface area (Å²) >= 11 is 0. The first kappa shape index (κ1) is 18.1. The van der Waals surface area contributed by atoms with Crippen LogP contribution in [-0.4, -0.2) is 32.3 Å². The summed E-state index contributed by atoms with van der Waals surface area (Å²) in [7, 11) is 2.03. The Morgan fingerprint density at radius 2 is 1.79 bits per heavy atom. The molecule has 6 nitrogen and oxygen atoms in total. The Balaban J connectivity index is 1.46. The number of benzene rings is 2. The predicted molar refractivity (Wildman–Crippen MR) is 108 cm³/mol. The van der Waals surface area contributed by atoms with Gasteiger partial charge in [-0.05, 0) is 38.1 Å². The van der Waals surface area contributed by atoms with E-state index >= 15 is 0 Å². The molecule has 28 heavy (non-hydrogen) atoms. The van der Waals surface area contributed by atoms with Gasteiger partial charge in [0.25, 0.3) is 0 Å². The highest BCUT2D eigenvalue weighted by molar-refractivity contribution is 5.64. The molecule has 0 aliphatic heterocycles. The molecule has 1 N–H and O–H groups in total. The van der Waals surface area contributed by atoms with Gasteiger partial charge in [-0.3, -0.25) is 10.00 Å². The molecule has 142 valence electrons. The lowest BCUT2D eigenvalue weighted by Gasteiger charge is -2.14. The van der Waals surface area contributed by atoms with Gasteiger partial charge >= 0.3 is 0 Å². The highest BCUT2D eigenvalue weighted by Crippen LogP contribution is 2.25. The highest BCUT2D eigenvalue weighted by Gasteiger charge is 2.14. The third-order valence-corrected chi connectivity index (χ3v) is 4.86. The van der Waals surface area contributed by atoms with Crippen molar-refractivity contribution < 1.29 is 4.52 Å². The summed E-state index contributed by atoms with van der Waals surface area (Å²) < 4.78 is 5.43. The number of H-pyrrole nitrogens is 1. The number of aromatic nitrogens is 4. The molecule has 0 bridgehead atoms. The largest absolute Gasteiger partial charge is 0.338 e. The van der Waals surface area contributed by atoms with Gasteiger partial charge in [0.2, 0.25) is 11.7 Å². The van der Waals surface area contributed by atoms with E-state index in [-0.39, 0.29) is 0 Å². The summed E-state index contributed by atoms with van der Waals surface area (Å²) in [6.45, 7) is 5.54. The molecule has 6 heteroatoms. The number of aryl methyl sites for hydroxylation is 2. The Labute approximate surface area is 164 Å². The maximum Gasteiger partial charge on any atom is 0.241 e. The van der Waals surface area contributed by atoms with Crippen molar-refractivity contribution >= 4 is 0 Å². The van der Waals surface area contributed by atoms with E-state index in [1.165, 1.54) is 11.1 Å². The number of rotatable bonds is 6. The van der Waals surface area contributed by atoms with Gasteiger partial charge in [-0.2, -0.15) is 10.1 Å². The molecule has 0 unspecified atom stereocenters. The normalized spacial score (nSPS) is 11.3. The average molecular weight is 373 g/mol. The van der Waals surface area contributed by atoms with E-state index < -0.39 is 0 Å². The first-order chi connectivity index (χ1) is 13.6. The van der Waals surface area contributed by atoms with E-state index in [9.17, 15) is 0 Å². The smallest absolute Gasteiger partial charge is 0.241 e. The lowest BCUT2D eigenvalue weighted by atomic mass is 10.0. The van der Waals surface area contributed by atoms with Crippen molar-refractivity contribution in [3.8, 4) is 22.6 Å². The highest BCUT2D eigenvalue weighted by atomic mass is 16.5. The van der Waals surface area contributed by atoms with Crippen LogP contribution < -0.4 is 0 Å². The van der Waals surface area contributed by atoms with Crippen LogP contribution in [0.1, 0.15) is 22.6 Å². The fourth-order valence-corrected chi connectivity index (χ4v) is 3.18. The van der Waals surface area contributed by atoms with Gasteiger partial charge in [0.05, 0.1) is 18.4 Å². The Kier molecular flexibility index (Phi) is 5.04. The van der Waals surface area contributed by atoms with Gasteiger partial charge in [0.1, 0.15) is 0 Å². The Morgan fingerprint density at radius 3 is 2.57 bits per heavy atom. The zero-order valence-corrected chi connectivity index (χ0v) is 16.3. The second-order valence-corrected chi connectivity index (χ2v) is 7.12. The molecule has 0 spiro atoms. The van der Waals surface area contributed by atoms with E-state index in [1.54, 1.807) is 0 Å². The van der Waals surface area contributed by atoms with Crippen LogP contribution in [-0.2, 0) is 13.1 Å². The SMILES string of the molecule is Cc1ccc(-c2[nH]ncc2CN(C)Cc2nc(-c3ccccc3)no2)cc1C. The molecule has 0 aliphatic carbocycles. The molecule has 0 saturated heterocycles. The monoisotopic (exact) mass is 373 g/mol. The van der Waals surface area contributed by atoms with Gasteiger partial charge in [-0.25, -0.2) is 0 Å². The first-order valence-corrected chi connectivity index (χ1v) is 9.26. The molecule has 0 radical (unpaired) electrons. The summed E-state index contributed by atoms with van der Waals surface area (Å²) in [5.74, 6) is 1.21. The second-order valence-electron chi connectivity index (χ2n) is 7.12. The Morgan fingerprint density at radius 1 is 0.964 bits per heavy atom. The summed E-state index contributed by atoms with van der Waals surface area (Å²) in [5.41, 5.74) is 6.83. The molecule has 0 saturated carbocycles. The molecule has 4 rings (SSSR count). The van der Waals surface area contributed by atoms with Crippen molar-refractivity contribution in [1.29, 1.82) is 0 Å². The van der Waals surface area contributed by atoms with Crippen molar-refractivity contribution in [2.75, 3.05) is 7.05 Å². The van der Waals surface area contributed by atoms with Crippen molar-refractivity contribution in [2.24, 2.45) is 0 Å². The number of nitrogens with one attached hydrogen (secondary N) is 1. The minimum absolute atomic E-state index is 0.567. The van der Waals surface area contributed by atoms with Gasteiger partial charge in [0, 0.05) is 23.2 Å². The second kappa shape index (κ2) is 7.78. The molecule has 0 aliphatic rings. The fraction of sp³-hybridized carbons (Fsp3) is 0.227. The van der Waals surface area contributed by atoms with Crippen LogP contribution >= 0.6 is 0 Å². The minimum atomic E-state index is 0.567. The predicted octanol–water partition coefficient (Wildman–Crippen LogP) is 4.38. The summed E-state index contributed by atoms with van der Waals surface area (Å²) in [6.07, 6.45) is 1.88. The molecule has 0 atom stereocenters. The van der Waals surface area contributed by atoms with Gasteiger partial charge < -0.3 is 4.52 Å². The van der Waals surface area contributed by atoms with Crippen molar-refractivity contribution in [2.45, 2.75) is 26.9 Å². The average Bonchev–Trinajstić information content (AvgIpc) is 3.34. The number of hydrogen-bond donors (Lipinski definition) is 1. The zero-order valence-electron chi connectivity index (χ0n) is 16.3. The quantitative estimate of drug-likeness (QED) is 0.543. The van der Waals surface area contributed by atoms with E-state index in [1.807, 2.05) is 43.6 Å². The summed E-state index contributed by atoms with van der Waals surface area (Å²) in [5, 5.41) is 11.5. The number of hydrogen-bond acceptors (Lipinski definition) is 5. The molecule has 2 aromatic heterocycles. The molecule has 0 fully saturated rings. The van der Waals surface area contributed by atoms with Crippen molar-refractivity contribution in [1.82, 2.24) is 25.2 Å². The maximum absolute atomic E-state index is 5.43. The Bertz CT molecular complexity index is 1070. The van der Waals surface area contributed by atoms with Crippen LogP contribution in [0.25, 0.3) is 22.6 Å². The van der Waals surface area contributed by atoms with Crippen LogP contribution in [0.2, 0.25) is 0 Å². The number of aromatic amines is 1. The van der Waals surface area contributed by atoms with E-state index in [4.69, 9.17) is 4.52 Å². The van der Waals surface area contributed by atoms with Gasteiger partial charge in [-0.15, -0.1) is 0 Å². The van der Waals surface area contributed by atoms with E-state index in [0.29, 0.717) is 18.3 Å². The van der Waals surface area contributed by atoms with Crippen LogP contribution in [0.4, 0.5) is 0 Å².